The molecule has 7 rings (SSSR count). The minimum Gasteiger partial charge on any atom is -0.486 e. The van der Waals surface area contributed by atoms with Crippen molar-refractivity contribution in [1.82, 2.24) is 19.4 Å². The molecule has 3 aliphatic heterocycles. The summed E-state index contributed by atoms with van der Waals surface area (Å²) >= 11 is 0. The van der Waals surface area contributed by atoms with E-state index in [-0.39, 0.29) is 41.8 Å². The zero-order chi connectivity index (χ0) is 32.7. The average Bonchev–Trinajstić information content (AvgIpc) is 3.10. The van der Waals surface area contributed by atoms with Crippen molar-refractivity contribution in [1.29, 1.82) is 0 Å². The van der Waals surface area contributed by atoms with Gasteiger partial charge < -0.3 is 34.3 Å². The standard InChI is InChI=1S/C34H39F2N7O4/c1-21-20-47-33-30(36)27(35)15-25-31(33)43(21)34(40-10-12-46-13-11-40)26(32(25)44)19-42(17-22-7-8-38-29(14-22)45-2)24-4-3-9-41(18-24)23-5-6-28(37)39-16-23/h5-8,14-16,21,24H,3-4,9-13,17-20H2,1-2H3,(H2,37,39)/t21?,24-/m0/s1. The van der Waals surface area contributed by atoms with Gasteiger partial charge in [-0.2, -0.15) is 4.39 Å². The Labute approximate surface area is 271 Å². The van der Waals surface area contributed by atoms with Gasteiger partial charge in [-0.25, -0.2) is 14.4 Å². The molecule has 0 aliphatic carbocycles. The highest BCUT2D eigenvalue weighted by Crippen LogP contribution is 2.40. The quantitative estimate of drug-likeness (QED) is 0.300. The predicted octanol–water partition coefficient (Wildman–Crippen LogP) is 4.12. The van der Waals surface area contributed by atoms with Gasteiger partial charge in [-0.3, -0.25) is 9.69 Å². The van der Waals surface area contributed by atoms with E-state index in [1.54, 1.807) is 25.6 Å². The summed E-state index contributed by atoms with van der Waals surface area (Å²) in [5, 5.41) is 0.112. The number of aromatic nitrogens is 3. The first-order valence-corrected chi connectivity index (χ1v) is 16.1. The van der Waals surface area contributed by atoms with E-state index in [4.69, 9.17) is 19.9 Å². The highest BCUT2D eigenvalue weighted by atomic mass is 19.2. The smallest absolute Gasteiger partial charge is 0.213 e. The second-order valence-corrected chi connectivity index (χ2v) is 12.5. The maximum Gasteiger partial charge on any atom is 0.213 e. The lowest BCUT2D eigenvalue weighted by atomic mass is 10.00. The van der Waals surface area contributed by atoms with Crippen molar-refractivity contribution in [3.63, 3.8) is 0 Å². The van der Waals surface area contributed by atoms with E-state index in [0.717, 1.165) is 36.7 Å². The Morgan fingerprint density at radius 2 is 1.91 bits per heavy atom. The highest BCUT2D eigenvalue weighted by molar-refractivity contribution is 5.89. The number of nitrogens with zero attached hydrogens (tertiary/aromatic N) is 6. The van der Waals surface area contributed by atoms with Gasteiger partial charge in [-0.15, -0.1) is 0 Å². The van der Waals surface area contributed by atoms with E-state index in [0.29, 0.717) is 68.0 Å². The third-order valence-electron chi connectivity index (χ3n) is 9.43. The van der Waals surface area contributed by atoms with Crippen LogP contribution in [0.25, 0.3) is 10.9 Å². The van der Waals surface area contributed by atoms with Crippen molar-refractivity contribution in [3.05, 3.63) is 75.7 Å². The molecule has 47 heavy (non-hydrogen) atoms. The number of pyridine rings is 3. The molecule has 1 aromatic carbocycles. The number of methoxy groups -OCH3 is 1. The number of nitrogens with two attached hydrogens (primary N) is 1. The zero-order valence-corrected chi connectivity index (χ0v) is 26.6. The molecule has 0 spiro atoms. The van der Waals surface area contributed by atoms with Crippen LogP contribution in [0.4, 0.5) is 26.1 Å². The van der Waals surface area contributed by atoms with Crippen molar-refractivity contribution in [2.24, 2.45) is 0 Å². The minimum atomic E-state index is -1.10. The molecule has 2 atom stereocenters. The number of hydrogen-bond acceptors (Lipinski definition) is 10. The summed E-state index contributed by atoms with van der Waals surface area (Å²) in [6, 6.07) is 8.48. The predicted molar refractivity (Wildman–Crippen MR) is 175 cm³/mol. The van der Waals surface area contributed by atoms with Crippen LogP contribution in [0.1, 0.15) is 36.9 Å². The van der Waals surface area contributed by atoms with Crippen molar-refractivity contribution in [3.8, 4) is 11.6 Å². The van der Waals surface area contributed by atoms with Crippen LogP contribution < -0.4 is 30.4 Å². The van der Waals surface area contributed by atoms with E-state index in [9.17, 15) is 9.18 Å². The number of halogens is 2. The minimum absolute atomic E-state index is 0.0516. The lowest BCUT2D eigenvalue weighted by molar-refractivity contribution is 0.121. The average molecular weight is 648 g/mol. The Hall–Kier alpha value is -4.49. The van der Waals surface area contributed by atoms with Crippen molar-refractivity contribution in [2.45, 2.75) is 44.9 Å². The molecule has 248 valence electrons. The molecule has 4 aromatic rings. The number of rotatable bonds is 8. The summed E-state index contributed by atoms with van der Waals surface area (Å²) in [6.07, 6.45) is 5.35. The SMILES string of the molecule is COc1cc(CN(Cc2c(N3CCOCC3)n3c4c(c(F)c(F)cc4c2=O)OCC3C)[C@H]2CCCN(c3ccc(N)nc3)C2)ccn1. The van der Waals surface area contributed by atoms with Crippen molar-refractivity contribution in [2.75, 3.05) is 68.6 Å². The third-order valence-corrected chi connectivity index (χ3v) is 9.43. The van der Waals surface area contributed by atoms with Gasteiger partial charge in [0.15, 0.2) is 17.0 Å². The zero-order valence-electron chi connectivity index (χ0n) is 26.6. The monoisotopic (exact) mass is 647 g/mol. The lowest BCUT2D eigenvalue weighted by Crippen LogP contribution is -2.48. The largest absolute Gasteiger partial charge is 0.486 e. The molecular formula is C34H39F2N7O4. The third kappa shape index (κ3) is 5.93. The van der Waals surface area contributed by atoms with E-state index in [1.165, 1.54) is 0 Å². The molecule has 2 fully saturated rings. The molecule has 0 saturated carbocycles. The summed E-state index contributed by atoms with van der Waals surface area (Å²) in [6.45, 7) is 6.61. The molecule has 3 aliphatic rings. The first-order chi connectivity index (χ1) is 22.8. The molecule has 1 unspecified atom stereocenters. The molecule has 3 aromatic heterocycles. The number of nitrogen functional groups attached to an aromatic ring is 1. The number of benzene rings is 1. The van der Waals surface area contributed by atoms with E-state index < -0.39 is 11.6 Å². The van der Waals surface area contributed by atoms with Crippen molar-refractivity contribution >= 4 is 28.2 Å². The Kier molecular flexibility index (Phi) is 8.58. The Balaban J connectivity index is 1.37. The fourth-order valence-corrected chi connectivity index (χ4v) is 7.11. The van der Waals surface area contributed by atoms with E-state index in [1.807, 2.05) is 29.7 Å². The van der Waals surface area contributed by atoms with E-state index >= 15 is 4.39 Å². The topological polar surface area (TPSA) is 111 Å². The number of piperidine rings is 1. The van der Waals surface area contributed by atoms with Crippen LogP contribution in [-0.2, 0) is 17.8 Å². The Morgan fingerprint density at radius 1 is 1.09 bits per heavy atom. The summed E-state index contributed by atoms with van der Waals surface area (Å²) in [4.78, 5) is 29.9. The Morgan fingerprint density at radius 3 is 2.68 bits per heavy atom. The second kappa shape index (κ2) is 13.0. The van der Waals surface area contributed by atoms with Gasteiger partial charge in [-0.05, 0) is 49.6 Å². The number of ether oxygens (including phenoxy) is 3. The fraction of sp³-hybridized carbons (Fsp3) is 0.441. The van der Waals surface area contributed by atoms with Crippen LogP contribution in [0.15, 0.2) is 47.5 Å². The number of morpholine rings is 1. The summed E-state index contributed by atoms with van der Waals surface area (Å²) in [5.41, 5.74) is 8.34. The molecule has 0 bridgehead atoms. The van der Waals surface area contributed by atoms with E-state index in [2.05, 4.69) is 24.7 Å². The molecule has 11 nitrogen and oxygen atoms in total. The van der Waals surface area contributed by atoms with Crippen LogP contribution >= 0.6 is 0 Å². The maximum absolute atomic E-state index is 15.1. The van der Waals surface area contributed by atoms with Crippen LogP contribution in [0, 0.1) is 11.6 Å². The first kappa shape index (κ1) is 31.1. The second-order valence-electron chi connectivity index (χ2n) is 12.5. The van der Waals surface area contributed by atoms with Crippen LogP contribution in [-0.4, -0.2) is 78.6 Å². The van der Waals surface area contributed by atoms with Crippen LogP contribution in [0.2, 0.25) is 0 Å². The van der Waals surface area contributed by atoms with Gasteiger partial charge in [-0.1, -0.05) is 0 Å². The Bertz CT molecular complexity index is 1830. The number of hydrogen-bond donors (Lipinski definition) is 1. The molecule has 2 N–H and O–H groups in total. The highest BCUT2D eigenvalue weighted by Gasteiger charge is 2.35. The molecule has 0 amide bonds. The summed E-state index contributed by atoms with van der Waals surface area (Å²) < 4.78 is 48.9. The van der Waals surface area contributed by atoms with Crippen LogP contribution in [0.3, 0.4) is 0 Å². The van der Waals surface area contributed by atoms with Gasteiger partial charge in [0, 0.05) is 57.6 Å². The normalized spacial score (nSPS) is 19.7. The van der Waals surface area contributed by atoms with Gasteiger partial charge >= 0.3 is 0 Å². The van der Waals surface area contributed by atoms with Crippen LogP contribution in [0.5, 0.6) is 11.6 Å². The van der Waals surface area contributed by atoms with Gasteiger partial charge in [0.1, 0.15) is 18.2 Å². The molecule has 2 saturated heterocycles. The number of anilines is 3. The molecule has 6 heterocycles. The van der Waals surface area contributed by atoms with Gasteiger partial charge in [0.2, 0.25) is 11.7 Å². The van der Waals surface area contributed by atoms with Gasteiger partial charge in [0.25, 0.3) is 0 Å². The molecule has 13 heteroatoms. The summed E-state index contributed by atoms with van der Waals surface area (Å²) in [5.74, 6) is -0.712. The maximum atomic E-state index is 15.1. The molecule has 0 radical (unpaired) electrons. The van der Waals surface area contributed by atoms with Gasteiger partial charge in [0.05, 0.1) is 54.7 Å². The summed E-state index contributed by atoms with van der Waals surface area (Å²) in [7, 11) is 1.58. The fourth-order valence-electron chi connectivity index (χ4n) is 7.11. The lowest BCUT2D eigenvalue weighted by Gasteiger charge is -2.42. The first-order valence-electron chi connectivity index (χ1n) is 16.1. The molecular weight excluding hydrogens is 608 g/mol. The van der Waals surface area contributed by atoms with Crippen molar-refractivity contribution < 1.29 is 23.0 Å².